The average Bonchev–Trinajstić information content (AvgIpc) is 3.25. The van der Waals surface area contributed by atoms with E-state index in [0.29, 0.717) is 37.7 Å². The third-order valence-electron chi connectivity index (χ3n) is 6.43. The highest BCUT2D eigenvalue weighted by molar-refractivity contribution is 5.80. The number of halogens is 4. The molecule has 0 bridgehead atoms. The molecule has 3 rings (SSSR count). The van der Waals surface area contributed by atoms with Crippen molar-refractivity contribution in [2.24, 2.45) is 11.3 Å². The SMILES string of the molecule is CC(C)NC(=O)[C@H]1CCC[C@H]1Nc1nc(Nc2ccc(NCC(C)(C)CN(C)C)c(F)c2)ncc1C(F)(F)F. The van der Waals surface area contributed by atoms with Gasteiger partial charge in [0, 0.05) is 37.1 Å². The van der Waals surface area contributed by atoms with Crippen LogP contribution in [0, 0.1) is 17.2 Å². The van der Waals surface area contributed by atoms with E-state index in [9.17, 15) is 22.4 Å². The molecule has 1 aliphatic carbocycles. The van der Waals surface area contributed by atoms with Crippen molar-refractivity contribution in [3.8, 4) is 0 Å². The predicted octanol–water partition coefficient (Wildman–Crippen LogP) is 5.48. The van der Waals surface area contributed by atoms with Gasteiger partial charge in [-0.25, -0.2) is 9.37 Å². The van der Waals surface area contributed by atoms with Gasteiger partial charge in [-0.1, -0.05) is 20.3 Å². The molecule has 39 heavy (non-hydrogen) atoms. The fourth-order valence-corrected chi connectivity index (χ4v) is 4.89. The molecule has 12 heteroatoms. The Balaban J connectivity index is 1.77. The Morgan fingerprint density at radius 3 is 2.51 bits per heavy atom. The summed E-state index contributed by atoms with van der Waals surface area (Å²) in [5, 5.41) is 11.6. The second-order valence-corrected chi connectivity index (χ2v) is 11.5. The van der Waals surface area contributed by atoms with Crippen LogP contribution >= 0.6 is 0 Å². The molecule has 1 amide bonds. The first-order valence-corrected chi connectivity index (χ1v) is 13.1. The Bertz CT molecular complexity index is 1140. The van der Waals surface area contributed by atoms with E-state index in [1.807, 2.05) is 27.9 Å². The molecule has 1 fully saturated rings. The van der Waals surface area contributed by atoms with Gasteiger partial charge in [0.2, 0.25) is 11.9 Å². The van der Waals surface area contributed by atoms with Crippen LogP contribution in [0.1, 0.15) is 52.5 Å². The first kappa shape index (κ1) is 30.4. The standard InChI is InChI=1S/C27H39F4N7O/c1-16(2)34-24(39)18-8-7-9-21(18)36-23-19(27(29,30)31)13-32-25(37-23)35-17-10-11-22(20(28)12-17)33-14-26(3,4)15-38(5)6/h10-13,16,18,21,33H,7-9,14-15H2,1-6H3,(H,34,39)(H2,32,35,36,37)/t18-,21+/m0/s1. The third-order valence-corrected chi connectivity index (χ3v) is 6.43. The molecule has 1 aromatic carbocycles. The van der Waals surface area contributed by atoms with Crippen LogP contribution in [0.25, 0.3) is 0 Å². The fraction of sp³-hybridized carbons (Fsp3) is 0.593. The second kappa shape index (κ2) is 12.4. The first-order chi connectivity index (χ1) is 18.1. The van der Waals surface area contributed by atoms with E-state index >= 15 is 0 Å². The van der Waals surface area contributed by atoms with Crippen LogP contribution in [0.2, 0.25) is 0 Å². The Kier molecular flexibility index (Phi) is 9.63. The summed E-state index contributed by atoms with van der Waals surface area (Å²) in [6.45, 7) is 9.17. The number of benzene rings is 1. The number of anilines is 4. The van der Waals surface area contributed by atoms with Crippen LogP contribution in [0.5, 0.6) is 0 Å². The summed E-state index contributed by atoms with van der Waals surface area (Å²) < 4.78 is 56.1. The number of aromatic nitrogens is 2. The Labute approximate surface area is 227 Å². The van der Waals surface area contributed by atoms with Crippen LogP contribution < -0.4 is 21.3 Å². The van der Waals surface area contributed by atoms with E-state index in [0.717, 1.165) is 6.54 Å². The van der Waals surface area contributed by atoms with Gasteiger partial charge in [-0.15, -0.1) is 0 Å². The molecule has 4 N–H and O–H groups in total. The summed E-state index contributed by atoms with van der Waals surface area (Å²) in [5.74, 6) is -1.74. The first-order valence-electron chi connectivity index (χ1n) is 13.1. The van der Waals surface area contributed by atoms with Gasteiger partial charge in [-0.2, -0.15) is 18.2 Å². The number of carbonyl (C=O) groups is 1. The number of hydrogen-bond donors (Lipinski definition) is 4. The van der Waals surface area contributed by atoms with Crippen molar-refractivity contribution < 1.29 is 22.4 Å². The maximum atomic E-state index is 14.8. The van der Waals surface area contributed by atoms with Gasteiger partial charge in [0.1, 0.15) is 17.2 Å². The van der Waals surface area contributed by atoms with Crippen LogP contribution in [0.3, 0.4) is 0 Å². The molecule has 216 valence electrons. The van der Waals surface area contributed by atoms with E-state index < -0.39 is 35.3 Å². The molecule has 0 aliphatic heterocycles. The summed E-state index contributed by atoms with van der Waals surface area (Å²) in [5.41, 5.74) is -0.534. The normalized spacial score (nSPS) is 17.9. The highest BCUT2D eigenvalue weighted by Gasteiger charge is 2.39. The quantitative estimate of drug-likeness (QED) is 0.274. The topological polar surface area (TPSA) is 94.2 Å². The Morgan fingerprint density at radius 2 is 1.90 bits per heavy atom. The lowest BCUT2D eigenvalue weighted by molar-refractivity contribution is -0.137. The summed E-state index contributed by atoms with van der Waals surface area (Å²) in [6, 6.07) is 3.81. The molecule has 1 saturated carbocycles. The molecule has 0 radical (unpaired) electrons. The molecule has 1 aromatic heterocycles. The minimum atomic E-state index is -4.70. The largest absolute Gasteiger partial charge is 0.421 e. The number of nitrogens with one attached hydrogen (secondary N) is 4. The highest BCUT2D eigenvalue weighted by atomic mass is 19.4. The van der Waals surface area contributed by atoms with E-state index in [1.54, 1.807) is 12.1 Å². The van der Waals surface area contributed by atoms with Crippen molar-refractivity contribution in [2.75, 3.05) is 43.1 Å². The van der Waals surface area contributed by atoms with E-state index in [-0.39, 0.29) is 29.0 Å². The van der Waals surface area contributed by atoms with Crippen molar-refractivity contribution in [3.05, 3.63) is 35.8 Å². The number of carbonyl (C=O) groups excluding carboxylic acids is 1. The summed E-state index contributed by atoms with van der Waals surface area (Å²) in [7, 11) is 3.95. The number of rotatable bonds is 11. The zero-order valence-electron chi connectivity index (χ0n) is 23.3. The molecule has 1 aliphatic rings. The lowest BCUT2D eigenvalue weighted by atomic mass is 9.93. The number of hydrogen-bond acceptors (Lipinski definition) is 7. The van der Waals surface area contributed by atoms with Gasteiger partial charge in [0.05, 0.1) is 11.6 Å². The molecule has 1 heterocycles. The smallest absolute Gasteiger partial charge is 0.382 e. The van der Waals surface area contributed by atoms with Crippen LogP contribution in [0.4, 0.5) is 40.7 Å². The molecule has 8 nitrogen and oxygen atoms in total. The van der Waals surface area contributed by atoms with Crippen molar-refractivity contribution in [2.45, 2.75) is 65.2 Å². The number of amides is 1. The minimum Gasteiger partial charge on any atom is -0.382 e. The summed E-state index contributed by atoms with van der Waals surface area (Å²) in [6.07, 6.45) is -2.20. The van der Waals surface area contributed by atoms with Crippen LogP contribution in [0.15, 0.2) is 24.4 Å². The predicted molar refractivity (Wildman–Crippen MR) is 146 cm³/mol. The van der Waals surface area contributed by atoms with Crippen molar-refractivity contribution in [1.29, 1.82) is 0 Å². The van der Waals surface area contributed by atoms with Crippen molar-refractivity contribution in [3.63, 3.8) is 0 Å². The van der Waals surface area contributed by atoms with Gasteiger partial charge < -0.3 is 26.2 Å². The maximum Gasteiger partial charge on any atom is 0.421 e. The van der Waals surface area contributed by atoms with E-state index in [2.05, 4.69) is 50.0 Å². The fourth-order valence-electron chi connectivity index (χ4n) is 4.89. The monoisotopic (exact) mass is 553 g/mol. The number of alkyl halides is 3. The molecular weight excluding hydrogens is 514 g/mol. The van der Waals surface area contributed by atoms with Crippen LogP contribution in [-0.4, -0.2) is 60.0 Å². The second-order valence-electron chi connectivity index (χ2n) is 11.5. The molecule has 2 atom stereocenters. The van der Waals surface area contributed by atoms with Gasteiger partial charge in [0.25, 0.3) is 0 Å². The lowest BCUT2D eigenvalue weighted by Crippen LogP contribution is -2.41. The molecule has 2 aromatic rings. The zero-order chi connectivity index (χ0) is 29.0. The van der Waals surface area contributed by atoms with E-state index in [4.69, 9.17) is 0 Å². The van der Waals surface area contributed by atoms with Gasteiger partial charge in [-0.3, -0.25) is 4.79 Å². The van der Waals surface area contributed by atoms with Gasteiger partial charge in [0.15, 0.2) is 0 Å². The Hall–Kier alpha value is -3.15. The maximum absolute atomic E-state index is 14.8. The molecular formula is C27H39F4N7O. The third kappa shape index (κ3) is 8.67. The lowest BCUT2D eigenvalue weighted by Gasteiger charge is -2.29. The van der Waals surface area contributed by atoms with Gasteiger partial charge >= 0.3 is 6.18 Å². The van der Waals surface area contributed by atoms with Crippen molar-refractivity contribution >= 4 is 29.0 Å². The minimum absolute atomic E-state index is 0.0779. The zero-order valence-corrected chi connectivity index (χ0v) is 23.3. The highest BCUT2D eigenvalue weighted by Crippen LogP contribution is 2.37. The summed E-state index contributed by atoms with van der Waals surface area (Å²) in [4.78, 5) is 22.5. The number of nitrogens with zero attached hydrogens (tertiary/aromatic N) is 3. The Morgan fingerprint density at radius 1 is 1.18 bits per heavy atom. The van der Waals surface area contributed by atoms with Crippen LogP contribution in [-0.2, 0) is 11.0 Å². The van der Waals surface area contributed by atoms with E-state index in [1.165, 1.54) is 6.07 Å². The molecule has 0 unspecified atom stereocenters. The molecule has 0 saturated heterocycles. The average molecular weight is 554 g/mol. The summed E-state index contributed by atoms with van der Waals surface area (Å²) >= 11 is 0. The van der Waals surface area contributed by atoms with Gasteiger partial charge in [-0.05, 0) is 64.4 Å². The van der Waals surface area contributed by atoms with Crippen molar-refractivity contribution in [1.82, 2.24) is 20.2 Å². The molecule has 0 spiro atoms.